The second-order valence-electron chi connectivity index (χ2n) is 5.08. The van der Waals surface area contributed by atoms with Crippen LogP contribution in [0.3, 0.4) is 0 Å². The van der Waals surface area contributed by atoms with Gasteiger partial charge in [-0.2, -0.15) is 0 Å². The molecule has 1 aromatic carbocycles. The molecule has 3 nitrogen and oxygen atoms in total. The lowest BCUT2D eigenvalue weighted by Gasteiger charge is -2.27. The largest absolute Gasteiger partial charge is 0.395 e. The van der Waals surface area contributed by atoms with Gasteiger partial charge < -0.3 is 10.0 Å². The molecule has 0 heterocycles. The summed E-state index contributed by atoms with van der Waals surface area (Å²) in [6.45, 7) is 0.326. The first-order valence-electron chi connectivity index (χ1n) is 7.06. The van der Waals surface area contributed by atoms with E-state index in [1.165, 1.54) is 18.2 Å². The lowest BCUT2D eigenvalue weighted by molar-refractivity contribution is -0.128. The van der Waals surface area contributed by atoms with Crippen LogP contribution in [0.1, 0.15) is 31.2 Å². The van der Waals surface area contributed by atoms with E-state index in [1.807, 2.05) is 0 Å². The molecule has 1 aliphatic carbocycles. The van der Waals surface area contributed by atoms with E-state index in [2.05, 4.69) is 0 Å². The smallest absolute Gasteiger partial charge is 0.246 e. The average molecular weight is 277 g/mol. The number of carbonyl (C=O) groups is 1. The zero-order chi connectivity index (χ0) is 14.4. The zero-order valence-electron chi connectivity index (χ0n) is 11.5. The number of aliphatic hydroxyl groups excluding tert-OH is 1. The summed E-state index contributed by atoms with van der Waals surface area (Å²) >= 11 is 0. The molecule has 4 heteroatoms. The van der Waals surface area contributed by atoms with Crippen molar-refractivity contribution in [2.75, 3.05) is 13.2 Å². The molecule has 1 aliphatic rings. The minimum absolute atomic E-state index is 0.0317. The van der Waals surface area contributed by atoms with E-state index in [1.54, 1.807) is 23.1 Å². The van der Waals surface area contributed by atoms with Gasteiger partial charge in [0.25, 0.3) is 0 Å². The van der Waals surface area contributed by atoms with E-state index in [9.17, 15) is 9.18 Å². The molecule has 1 N–H and O–H groups in total. The van der Waals surface area contributed by atoms with Crippen LogP contribution in [-0.2, 0) is 4.79 Å². The van der Waals surface area contributed by atoms with Crippen molar-refractivity contribution in [3.05, 3.63) is 41.7 Å². The molecule has 0 saturated heterocycles. The Morgan fingerprint density at radius 3 is 2.80 bits per heavy atom. The highest BCUT2D eigenvalue weighted by Crippen LogP contribution is 2.23. The fraction of sp³-hybridized carbons (Fsp3) is 0.438. The summed E-state index contributed by atoms with van der Waals surface area (Å²) in [5.74, 6) is -0.433. The molecule has 0 spiro atoms. The molecular weight excluding hydrogens is 257 g/mol. The standard InChI is InChI=1S/C16H20FNO2/c17-14-5-3-4-13(12-14)8-9-16(20)18(10-11-19)15-6-1-2-7-15/h3-5,8-9,12,15,19H,1-2,6-7,10-11H2. The van der Waals surface area contributed by atoms with Gasteiger partial charge >= 0.3 is 0 Å². The van der Waals surface area contributed by atoms with Gasteiger partial charge in [-0.1, -0.05) is 25.0 Å². The van der Waals surface area contributed by atoms with Crippen LogP contribution in [0.2, 0.25) is 0 Å². The van der Waals surface area contributed by atoms with Crippen molar-refractivity contribution in [1.82, 2.24) is 4.90 Å². The molecule has 0 aliphatic heterocycles. The molecule has 1 fully saturated rings. The zero-order valence-corrected chi connectivity index (χ0v) is 11.5. The molecular formula is C16H20FNO2. The number of rotatable bonds is 5. The number of nitrogens with zero attached hydrogens (tertiary/aromatic N) is 1. The maximum Gasteiger partial charge on any atom is 0.246 e. The first-order valence-corrected chi connectivity index (χ1v) is 7.06. The van der Waals surface area contributed by atoms with Crippen LogP contribution in [0.4, 0.5) is 4.39 Å². The van der Waals surface area contributed by atoms with E-state index in [0.717, 1.165) is 25.7 Å². The maximum absolute atomic E-state index is 13.1. The third-order valence-electron chi connectivity index (χ3n) is 3.66. The van der Waals surface area contributed by atoms with Crippen LogP contribution in [0.5, 0.6) is 0 Å². The van der Waals surface area contributed by atoms with Crippen molar-refractivity contribution >= 4 is 12.0 Å². The Morgan fingerprint density at radius 1 is 1.40 bits per heavy atom. The number of aliphatic hydroxyl groups is 1. The first-order chi connectivity index (χ1) is 9.70. The van der Waals surface area contributed by atoms with Crippen molar-refractivity contribution in [1.29, 1.82) is 0 Å². The first kappa shape index (κ1) is 14.7. The average Bonchev–Trinajstić information content (AvgIpc) is 2.96. The molecule has 0 atom stereocenters. The van der Waals surface area contributed by atoms with Gasteiger partial charge in [0.05, 0.1) is 6.61 Å². The van der Waals surface area contributed by atoms with Crippen molar-refractivity contribution in [2.24, 2.45) is 0 Å². The lowest BCUT2D eigenvalue weighted by atomic mass is 10.1. The summed E-state index contributed by atoms with van der Waals surface area (Å²) in [5.41, 5.74) is 0.661. The predicted octanol–water partition coefficient (Wildman–Crippen LogP) is 2.60. The normalized spacial score (nSPS) is 15.9. The Bertz CT molecular complexity index is 481. The van der Waals surface area contributed by atoms with Crippen molar-refractivity contribution < 1.29 is 14.3 Å². The van der Waals surface area contributed by atoms with Crippen molar-refractivity contribution in [3.63, 3.8) is 0 Å². The fourth-order valence-electron chi connectivity index (χ4n) is 2.67. The number of hydrogen-bond donors (Lipinski definition) is 1. The lowest BCUT2D eigenvalue weighted by Crippen LogP contribution is -2.39. The third kappa shape index (κ3) is 3.90. The van der Waals surface area contributed by atoms with Gasteiger partial charge in [0, 0.05) is 18.7 Å². The summed E-state index contributed by atoms with van der Waals surface area (Å²) in [5, 5.41) is 9.10. The van der Waals surface area contributed by atoms with Gasteiger partial charge in [-0.05, 0) is 36.6 Å². The van der Waals surface area contributed by atoms with E-state index in [0.29, 0.717) is 12.1 Å². The molecule has 1 aromatic rings. The Balaban J connectivity index is 2.03. The summed E-state index contributed by atoms with van der Waals surface area (Å²) in [6, 6.07) is 6.35. The highest BCUT2D eigenvalue weighted by atomic mass is 19.1. The Labute approximate surface area is 118 Å². The molecule has 0 unspecified atom stereocenters. The van der Waals surface area contributed by atoms with E-state index < -0.39 is 0 Å². The highest BCUT2D eigenvalue weighted by molar-refractivity contribution is 5.92. The molecule has 2 rings (SSSR count). The van der Waals surface area contributed by atoms with Gasteiger partial charge in [-0.15, -0.1) is 0 Å². The molecule has 1 amide bonds. The van der Waals surface area contributed by atoms with Crippen molar-refractivity contribution in [3.8, 4) is 0 Å². The van der Waals surface area contributed by atoms with Crippen LogP contribution < -0.4 is 0 Å². The Kier molecular flexibility index (Phi) is 5.30. The monoisotopic (exact) mass is 277 g/mol. The second kappa shape index (κ2) is 7.20. The number of hydrogen-bond acceptors (Lipinski definition) is 2. The summed E-state index contributed by atoms with van der Waals surface area (Å²) in [4.78, 5) is 13.9. The van der Waals surface area contributed by atoms with Gasteiger partial charge in [-0.25, -0.2) is 4.39 Å². The minimum atomic E-state index is -0.317. The van der Waals surface area contributed by atoms with Crippen LogP contribution in [0.25, 0.3) is 6.08 Å². The quantitative estimate of drug-likeness (QED) is 0.840. The minimum Gasteiger partial charge on any atom is -0.395 e. The number of carbonyl (C=O) groups excluding carboxylic acids is 1. The van der Waals surface area contributed by atoms with Crippen LogP contribution in [0, 0.1) is 5.82 Å². The fourth-order valence-corrected chi connectivity index (χ4v) is 2.67. The Hall–Kier alpha value is -1.68. The number of benzene rings is 1. The summed E-state index contributed by atoms with van der Waals surface area (Å²) < 4.78 is 13.1. The van der Waals surface area contributed by atoms with E-state index in [-0.39, 0.29) is 24.4 Å². The maximum atomic E-state index is 13.1. The van der Waals surface area contributed by atoms with Gasteiger partial charge in [0.2, 0.25) is 5.91 Å². The van der Waals surface area contributed by atoms with E-state index in [4.69, 9.17) is 5.11 Å². The van der Waals surface area contributed by atoms with Crippen LogP contribution in [-0.4, -0.2) is 35.1 Å². The number of amides is 1. The van der Waals surface area contributed by atoms with Crippen LogP contribution in [0.15, 0.2) is 30.3 Å². The van der Waals surface area contributed by atoms with Gasteiger partial charge in [-0.3, -0.25) is 4.79 Å². The van der Waals surface area contributed by atoms with Crippen LogP contribution >= 0.6 is 0 Å². The second-order valence-corrected chi connectivity index (χ2v) is 5.08. The van der Waals surface area contributed by atoms with Gasteiger partial charge in [0.15, 0.2) is 0 Å². The van der Waals surface area contributed by atoms with Crippen molar-refractivity contribution in [2.45, 2.75) is 31.7 Å². The van der Waals surface area contributed by atoms with E-state index >= 15 is 0 Å². The molecule has 0 radical (unpaired) electrons. The predicted molar refractivity (Wildman–Crippen MR) is 76.5 cm³/mol. The summed E-state index contributed by atoms with van der Waals surface area (Å²) in [7, 11) is 0. The molecule has 0 bridgehead atoms. The molecule has 0 aromatic heterocycles. The van der Waals surface area contributed by atoms with Gasteiger partial charge in [0.1, 0.15) is 5.82 Å². The Morgan fingerprint density at radius 2 is 2.15 bits per heavy atom. The molecule has 20 heavy (non-hydrogen) atoms. The highest BCUT2D eigenvalue weighted by Gasteiger charge is 2.24. The third-order valence-corrected chi connectivity index (χ3v) is 3.66. The molecule has 1 saturated carbocycles. The molecule has 108 valence electrons. The SMILES string of the molecule is O=C(C=Cc1cccc(F)c1)N(CCO)C1CCCC1. The topological polar surface area (TPSA) is 40.5 Å². The number of halogens is 1. The summed E-state index contributed by atoms with van der Waals surface area (Å²) in [6.07, 6.45) is 7.34.